The van der Waals surface area contributed by atoms with E-state index in [-0.39, 0.29) is 0 Å². The molecule has 0 bridgehead atoms. The van der Waals surface area contributed by atoms with E-state index in [0.717, 1.165) is 36.8 Å². The topological polar surface area (TPSA) is 15.3 Å². The second-order valence-corrected chi connectivity index (χ2v) is 6.08. The molecule has 1 saturated heterocycles. The molecule has 110 valence electrons. The maximum absolute atomic E-state index is 6.41. The second-order valence-electron chi connectivity index (χ2n) is 5.67. The Morgan fingerprint density at radius 2 is 1.95 bits per heavy atom. The summed E-state index contributed by atoms with van der Waals surface area (Å²) in [6.07, 6.45) is 1.13. The molecule has 0 saturated carbocycles. The number of hydrogen-bond donors (Lipinski definition) is 1. The monoisotopic (exact) mass is 300 g/mol. The predicted molar refractivity (Wildman–Crippen MR) is 90.2 cm³/mol. The van der Waals surface area contributed by atoms with Gasteiger partial charge in [-0.05, 0) is 43.1 Å². The summed E-state index contributed by atoms with van der Waals surface area (Å²) in [7, 11) is 0. The van der Waals surface area contributed by atoms with E-state index < -0.39 is 0 Å². The fraction of sp³-hybridized carbons (Fsp3) is 0.333. The number of hydrogen-bond acceptors (Lipinski definition) is 2. The van der Waals surface area contributed by atoms with E-state index in [1.54, 1.807) is 0 Å². The molecule has 0 aromatic heterocycles. The highest BCUT2D eigenvalue weighted by Crippen LogP contribution is 2.29. The van der Waals surface area contributed by atoms with Crippen LogP contribution in [0.3, 0.4) is 0 Å². The van der Waals surface area contributed by atoms with E-state index in [9.17, 15) is 0 Å². The van der Waals surface area contributed by atoms with Crippen molar-refractivity contribution >= 4 is 17.3 Å². The molecule has 3 rings (SSSR count). The van der Waals surface area contributed by atoms with Gasteiger partial charge in [0, 0.05) is 19.1 Å². The number of nitrogens with zero attached hydrogens (tertiary/aromatic N) is 1. The zero-order valence-corrected chi connectivity index (χ0v) is 13.1. The van der Waals surface area contributed by atoms with E-state index in [1.807, 2.05) is 6.07 Å². The Kier molecular flexibility index (Phi) is 4.47. The number of benzene rings is 2. The maximum Gasteiger partial charge on any atom is 0.0639 e. The molecule has 2 aromatic carbocycles. The molecule has 1 fully saturated rings. The molecule has 0 spiro atoms. The minimum Gasteiger partial charge on any atom is -0.368 e. The minimum atomic E-state index is 0.352. The van der Waals surface area contributed by atoms with E-state index >= 15 is 0 Å². The predicted octanol–water partition coefficient (Wildman–Crippen LogP) is 4.19. The summed E-state index contributed by atoms with van der Waals surface area (Å²) in [5.41, 5.74) is 3.75. The number of rotatable bonds is 2. The van der Waals surface area contributed by atoms with Crippen LogP contribution in [0.15, 0.2) is 48.5 Å². The van der Waals surface area contributed by atoms with Crippen LogP contribution in [0.5, 0.6) is 0 Å². The zero-order chi connectivity index (χ0) is 14.7. The fourth-order valence-corrected chi connectivity index (χ4v) is 3.15. The molecule has 1 aliphatic heterocycles. The molecule has 1 atom stereocenters. The lowest BCUT2D eigenvalue weighted by molar-refractivity contribution is 0.570. The first-order valence-corrected chi connectivity index (χ1v) is 7.91. The Bertz CT molecular complexity index is 597. The van der Waals surface area contributed by atoms with Gasteiger partial charge in [0.05, 0.1) is 10.7 Å². The van der Waals surface area contributed by atoms with Crippen molar-refractivity contribution in [1.82, 2.24) is 5.32 Å². The third-order valence-corrected chi connectivity index (χ3v) is 4.36. The third-order valence-electron chi connectivity index (χ3n) is 4.04. The van der Waals surface area contributed by atoms with E-state index in [1.165, 1.54) is 11.1 Å². The van der Waals surface area contributed by atoms with Crippen molar-refractivity contribution in [2.24, 2.45) is 0 Å². The SMILES string of the molecule is Cc1ccc(Cl)c(N2CCCNC(c3ccccc3)C2)c1. The molecule has 2 aromatic rings. The van der Waals surface area contributed by atoms with Gasteiger partial charge in [0.1, 0.15) is 0 Å². The third kappa shape index (κ3) is 3.39. The van der Waals surface area contributed by atoms with Gasteiger partial charge in [0.2, 0.25) is 0 Å². The van der Waals surface area contributed by atoms with E-state index in [0.29, 0.717) is 6.04 Å². The summed E-state index contributed by atoms with van der Waals surface area (Å²) in [5, 5.41) is 4.49. The van der Waals surface area contributed by atoms with Crippen LogP contribution >= 0.6 is 11.6 Å². The van der Waals surface area contributed by atoms with Crippen LogP contribution in [-0.2, 0) is 0 Å². The Balaban J connectivity index is 1.87. The summed E-state index contributed by atoms with van der Waals surface area (Å²) in [5.74, 6) is 0. The first-order valence-electron chi connectivity index (χ1n) is 7.53. The van der Waals surface area contributed by atoms with Gasteiger partial charge in [-0.2, -0.15) is 0 Å². The van der Waals surface area contributed by atoms with Gasteiger partial charge in [-0.25, -0.2) is 0 Å². The lowest BCUT2D eigenvalue weighted by Gasteiger charge is -2.28. The van der Waals surface area contributed by atoms with Crippen molar-refractivity contribution in [1.29, 1.82) is 0 Å². The Morgan fingerprint density at radius 3 is 2.76 bits per heavy atom. The largest absolute Gasteiger partial charge is 0.368 e. The number of anilines is 1. The zero-order valence-electron chi connectivity index (χ0n) is 12.3. The van der Waals surface area contributed by atoms with Gasteiger partial charge in [-0.1, -0.05) is 48.0 Å². The molecule has 3 heteroatoms. The molecule has 1 heterocycles. The lowest BCUT2D eigenvalue weighted by Crippen LogP contribution is -2.31. The van der Waals surface area contributed by atoms with Crippen molar-refractivity contribution in [2.45, 2.75) is 19.4 Å². The van der Waals surface area contributed by atoms with Crippen LogP contribution in [0.2, 0.25) is 5.02 Å². The van der Waals surface area contributed by atoms with Gasteiger partial charge in [0.25, 0.3) is 0 Å². The smallest absolute Gasteiger partial charge is 0.0639 e. The Morgan fingerprint density at radius 1 is 1.14 bits per heavy atom. The average molecular weight is 301 g/mol. The maximum atomic E-state index is 6.41. The summed E-state index contributed by atoms with van der Waals surface area (Å²) in [6.45, 7) is 5.15. The Hall–Kier alpha value is -1.51. The molecule has 21 heavy (non-hydrogen) atoms. The van der Waals surface area contributed by atoms with Crippen LogP contribution < -0.4 is 10.2 Å². The highest BCUT2D eigenvalue weighted by molar-refractivity contribution is 6.33. The van der Waals surface area contributed by atoms with Gasteiger partial charge >= 0.3 is 0 Å². The molecule has 1 aliphatic rings. The molecule has 0 aliphatic carbocycles. The van der Waals surface area contributed by atoms with Crippen LogP contribution in [0.1, 0.15) is 23.6 Å². The number of nitrogens with one attached hydrogen (secondary N) is 1. The van der Waals surface area contributed by atoms with Crippen LogP contribution in [0, 0.1) is 6.92 Å². The molecule has 0 radical (unpaired) electrons. The van der Waals surface area contributed by atoms with Gasteiger partial charge in [-0.3, -0.25) is 0 Å². The van der Waals surface area contributed by atoms with Crippen molar-refractivity contribution < 1.29 is 0 Å². The van der Waals surface area contributed by atoms with E-state index in [4.69, 9.17) is 11.6 Å². The van der Waals surface area contributed by atoms with Gasteiger partial charge in [0.15, 0.2) is 0 Å². The Labute approximate surface area is 131 Å². The highest BCUT2D eigenvalue weighted by Gasteiger charge is 2.20. The van der Waals surface area contributed by atoms with Gasteiger partial charge in [-0.15, -0.1) is 0 Å². The first kappa shape index (κ1) is 14.4. The first-order chi connectivity index (χ1) is 10.2. The number of aryl methyl sites for hydroxylation is 1. The highest BCUT2D eigenvalue weighted by atomic mass is 35.5. The molecular formula is C18H21ClN2. The average Bonchev–Trinajstić information content (AvgIpc) is 2.76. The normalized spacial score (nSPS) is 19.3. The summed E-state index contributed by atoms with van der Waals surface area (Å²) < 4.78 is 0. The van der Waals surface area contributed by atoms with Gasteiger partial charge < -0.3 is 10.2 Å². The van der Waals surface area contributed by atoms with Crippen molar-refractivity contribution in [3.63, 3.8) is 0 Å². The van der Waals surface area contributed by atoms with Crippen molar-refractivity contribution in [2.75, 3.05) is 24.5 Å². The van der Waals surface area contributed by atoms with E-state index in [2.05, 4.69) is 59.6 Å². The number of halogens is 1. The van der Waals surface area contributed by atoms with Crippen LogP contribution in [0.25, 0.3) is 0 Å². The second kappa shape index (κ2) is 6.50. The quantitative estimate of drug-likeness (QED) is 0.894. The summed E-state index contributed by atoms with van der Waals surface area (Å²) >= 11 is 6.41. The van der Waals surface area contributed by atoms with Crippen LogP contribution in [-0.4, -0.2) is 19.6 Å². The van der Waals surface area contributed by atoms with Crippen molar-refractivity contribution in [3.05, 3.63) is 64.7 Å². The molecule has 0 amide bonds. The summed E-state index contributed by atoms with van der Waals surface area (Å²) in [4.78, 5) is 2.41. The lowest BCUT2D eigenvalue weighted by atomic mass is 10.1. The molecular weight excluding hydrogens is 280 g/mol. The minimum absolute atomic E-state index is 0.352. The molecule has 2 nitrogen and oxygen atoms in total. The molecule has 1 N–H and O–H groups in total. The molecule has 1 unspecified atom stereocenters. The van der Waals surface area contributed by atoms with Crippen LogP contribution in [0.4, 0.5) is 5.69 Å². The van der Waals surface area contributed by atoms with Crippen molar-refractivity contribution in [3.8, 4) is 0 Å². The standard InChI is InChI=1S/C18H21ClN2/c1-14-8-9-16(19)18(12-14)21-11-5-10-20-17(13-21)15-6-3-2-4-7-15/h2-4,6-9,12,17,20H,5,10-11,13H2,1H3. The summed E-state index contributed by atoms with van der Waals surface area (Å²) in [6, 6.07) is 17.3. The fourth-order valence-electron chi connectivity index (χ4n) is 2.91.